The standard InChI is InChI=1S/C29H24N4O4/c1-37-22-9-6-8-21(16-22)33-18-25(23-10-3-4-11-24(23)29(33)36)28(35)30-14-13-27(34)32-20-15-19-7-2-5-12-26(19)31-17-20/h2-12,15-18H,13-14H2,1H3,(H,30,35)(H,32,34). The van der Waals surface area contributed by atoms with E-state index in [2.05, 4.69) is 15.6 Å². The Labute approximate surface area is 212 Å². The summed E-state index contributed by atoms with van der Waals surface area (Å²) in [6.45, 7) is 0.123. The molecule has 0 atom stereocenters. The van der Waals surface area contributed by atoms with Gasteiger partial charge in [-0.3, -0.25) is 23.9 Å². The molecule has 0 saturated carbocycles. The van der Waals surface area contributed by atoms with Crippen molar-refractivity contribution < 1.29 is 14.3 Å². The molecule has 2 amide bonds. The van der Waals surface area contributed by atoms with E-state index in [1.807, 2.05) is 30.3 Å². The Morgan fingerprint density at radius 1 is 0.946 bits per heavy atom. The van der Waals surface area contributed by atoms with Gasteiger partial charge in [0.15, 0.2) is 0 Å². The van der Waals surface area contributed by atoms with E-state index in [-0.39, 0.29) is 30.3 Å². The Morgan fingerprint density at radius 2 is 1.73 bits per heavy atom. The predicted molar refractivity (Wildman–Crippen MR) is 143 cm³/mol. The minimum absolute atomic E-state index is 0.0754. The molecule has 0 unspecified atom stereocenters. The second kappa shape index (κ2) is 10.3. The molecule has 0 fully saturated rings. The van der Waals surface area contributed by atoms with Gasteiger partial charge in [-0.05, 0) is 30.3 Å². The lowest BCUT2D eigenvalue weighted by molar-refractivity contribution is -0.116. The molecule has 0 bridgehead atoms. The number of para-hydroxylation sites is 1. The molecule has 2 aromatic heterocycles. The summed E-state index contributed by atoms with van der Waals surface area (Å²) in [5.41, 5.74) is 2.09. The summed E-state index contributed by atoms with van der Waals surface area (Å²) in [6.07, 6.45) is 3.20. The zero-order valence-corrected chi connectivity index (χ0v) is 20.1. The number of ether oxygens (including phenoxy) is 1. The van der Waals surface area contributed by atoms with Crippen molar-refractivity contribution in [3.8, 4) is 11.4 Å². The van der Waals surface area contributed by atoms with Gasteiger partial charge in [0, 0.05) is 41.4 Å². The minimum atomic E-state index is -0.381. The van der Waals surface area contributed by atoms with E-state index < -0.39 is 0 Å². The van der Waals surface area contributed by atoms with Crippen LogP contribution in [-0.2, 0) is 4.79 Å². The number of nitrogens with zero attached hydrogens (tertiary/aromatic N) is 2. The van der Waals surface area contributed by atoms with Crippen LogP contribution in [0.5, 0.6) is 5.75 Å². The van der Waals surface area contributed by atoms with E-state index in [4.69, 9.17) is 4.74 Å². The molecule has 3 aromatic carbocycles. The number of anilines is 1. The van der Waals surface area contributed by atoms with Gasteiger partial charge in [0.1, 0.15) is 5.75 Å². The Hall–Kier alpha value is -4.98. The van der Waals surface area contributed by atoms with Crippen LogP contribution in [0.25, 0.3) is 27.4 Å². The number of fused-ring (bicyclic) bond motifs is 2. The average molecular weight is 493 g/mol. The third-order valence-electron chi connectivity index (χ3n) is 6.01. The van der Waals surface area contributed by atoms with Crippen LogP contribution in [0.4, 0.5) is 5.69 Å². The van der Waals surface area contributed by atoms with Gasteiger partial charge in [-0.25, -0.2) is 0 Å². The number of aromatic nitrogens is 2. The molecule has 8 heteroatoms. The highest BCUT2D eigenvalue weighted by molar-refractivity contribution is 6.06. The second-order valence-corrected chi connectivity index (χ2v) is 8.44. The van der Waals surface area contributed by atoms with Gasteiger partial charge in [0.2, 0.25) is 5.91 Å². The first-order valence-electron chi connectivity index (χ1n) is 11.7. The molecule has 5 rings (SSSR count). The monoisotopic (exact) mass is 492 g/mol. The third kappa shape index (κ3) is 5.04. The lowest BCUT2D eigenvalue weighted by Gasteiger charge is -2.13. The Balaban J connectivity index is 1.33. The summed E-state index contributed by atoms with van der Waals surface area (Å²) >= 11 is 0. The average Bonchev–Trinajstić information content (AvgIpc) is 2.93. The molecule has 5 aromatic rings. The number of carbonyl (C=O) groups excluding carboxylic acids is 2. The van der Waals surface area contributed by atoms with Crippen LogP contribution in [0.1, 0.15) is 16.8 Å². The van der Waals surface area contributed by atoms with Crippen molar-refractivity contribution in [1.82, 2.24) is 14.9 Å². The number of benzene rings is 3. The van der Waals surface area contributed by atoms with Crippen LogP contribution in [-0.4, -0.2) is 35.0 Å². The molecule has 2 N–H and O–H groups in total. The number of pyridine rings is 2. The van der Waals surface area contributed by atoms with Crippen LogP contribution in [0.2, 0.25) is 0 Å². The summed E-state index contributed by atoms with van der Waals surface area (Å²) in [4.78, 5) is 43.2. The minimum Gasteiger partial charge on any atom is -0.497 e. The molecule has 37 heavy (non-hydrogen) atoms. The van der Waals surface area contributed by atoms with E-state index in [0.717, 1.165) is 10.9 Å². The Bertz CT molecular complexity index is 1690. The van der Waals surface area contributed by atoms with Crippen molar-refractivity contribution in [3.05, 3.63) is 107 Å². The van der Waals surface area contributed by atoms with Crippen molar-refractivity contribution in [1.29, 1.82) is 0 Å². The van der Waals surface area contributed by atoms with Crippen molar-refractivity contribution in [3.63, 3.8) is 0 Å². The summed E-state index contributed by atoms with van der Waals surface area (Å²) in [5, 5.41) is 7.50. The van der Waals surface area contributed by atoms with Crippen molar-refractivity contribution >= 4 is 39.2 Å². The highest BCUT2D eigenvalue weighted by Crippen LogP contribution is 2.20. The number of hydrogen-bond acceptors (Lipinski definition) is 5. The van der Waals surface area contributed by atoms with Crippen molar-refractivity contribution in [2.45, 2.75) is 6.42 Å². The summed E-state index contributed by atoms with van der Waals surface area (Å²) in [7, 11) is 1.55. The largest absolute Gasteiger partial charge is 0.497 e. The molecule has 0 aliphatic rings. The maximum absolute atomic E-state index is 13.2. The predicted octanol–water partition coefficient (Wildman–Crippen LogP) is 4.31. The summed E-state index contributed by atoms with van der Waals surface area (Å²) in [5.74, 6) is -0.0345. The second-order valence-electron chi connectivity index (χ2n) is 8.44. The zero-order valence-electron chi connectivity index (χ0n) is 20.1. The molecular formula is C29H24N4O4. The van der Waals surface area contributed by atoms with Gasteiger partial charge in [0.25, 0.3) is 11.5 Å². The van der Waals surface area contributed by atoms with E-state index >= 15 is 0 Å². The third-order valence-corrected chi connectivity index (χ3v) is 6.01. The van der Waals surface area contributed by atoms with Crippen LogP contribution in [0.3, 0.4) is 0 Å². The lowest BCUT2D eigenvalue weighted by Crippen LogP contribution is -2.29. The normalized spacial score (nSPS) is 10.8. The number of hydrogen-bond donors (Lipinski definition) is 2. The van der Waals surface area contributed by atoms with Gasteiger partial charge in [0.05, 0.1) is 35.8 Å². The van der Waals surface area contributed by atoms with Crippen LogP contribution < -0.4 is 20.9 Å². The highest BCUT2D eigenvalue weighted by Gasteiger charge is 2.16. The van der Waals surface area contributed by atoms with Gasteiger partial charge in [-0.1, -0.05) is 42.5 Å². The fourth-order valence-electron chi connectivity index (χ4n) is 4.17. The van der Waals surface area contributed by atoms with Crippen molar-refractivity contribution in [2.24, 2.45) is 0 Å². The fraction of sp³-hybridized carbons (Fsp3) is 0.103. The number of methoxy groups -OCH3 is 1. The lowest BCUT2D eigenvalue weighted by atomic mass is 10.1. The topological polar surface area (TPSA) is 102 Å². The van der Waals surface area contributed by atoms with E-state index in [9.17, 15) is 14.4 Å². The number of rotatable bonds is 7. The maximum Gasteiger partial charge on any atom is 0.262 e. The maximum atomic E-state index is 13.2. The van der Waals surface area contributed by atoms with Crippen LogP contribution >= 0.6 is 0 Å². The van der Waals surface area contributed by atoms with Gasteiger partial charge in [-0.2, -0.15) is 0 Å². The molecule has 184 valence electrons. The Kier molecular flexibility index (Phi) is 6.63. The SMILES string of the molecule is COc1cccc(-n2cc(C(=O)NCCC(=O)Nc3cnc4ccccc4c3)c3ccccc3c2=O)c1. The summed E-state index contributed by atoms with van der Waals surface area (Å²) < 4.78 is 6.71. The van der Waals surface area contributed by atoms with E-state index in [1.165, 1.54) is 10.8 Å². The molecular weight excluding hydrogens is 468 g/mol. The molecule has 8 nitrogen and oxygen atoms in total. The van der Waals surface area contributed by atoms with Gasteiger partial charge >= 0.3 is 0 Å². The first-order chi connectivity index (χ1) is 18.0. The van der Waals surface area contributed by atoms with Gasteiger partial charge < -0.3 is 15.4 Å². The molecule has 0 aliphatic heterocycles. The van der Waals surface area contributed by atoms with E-state index in [0.29, 0.717) is 33.5 Å². The van der Waals surface area contributed by atoms with Gasteiger partial charge in [-0.15, -0.1) is 0 Å². The Morgan fingerprint density at radius 3 is 2.57 bits per heavy atom. The zero-order chi connectivity index (χ0) is 25.8. The van der Waals surface area contributed by atoms with Crippen molar-refractivity contribution in [2.75, 3.05) is 19.0 Å². The first-order valence-corrected chi connectivity index (χ1v) is 11.7. The number of amides is 2. The molecule has 0 radical (unpaired) electrons. The molecule has 0 saturated heterocycles. The first kappa shape index (κ1) is 23.7. The molecule has 0 aliphatic carbocycles. The quantitative estimate of drug-likeness (QED) is 0.353. The number of carbonyl (C=O) groups is 2. The summed E-state index contributed by atoms with van der Waals surface area (Å²) in [6, 6.07) is 23.5. The number of nitrogens with one attached hydrogen (secondary N) is 2. The highest BCUT2D eigenvalue weighted by atomic mass is 16.5. The fourth-order valence-corrected chi connectivity index (χ4v) is 4.17. The molecule has 2 heterocycles. The van der Waals surface area contributed by atoms with E-state index in [1.54, 1.807) is 61.8 Å². The smallest absolute Gasteiger partial charge is 0.262 e. The van der Waals surface area contributed by atoms with Crippen LogP contribution in [0, 0.1) is 0 Å². The van der Waals surface area contributed by atoms with Crippen LogP contribution in [0.15, 0.2) is 96.1 Å². The molecule has 0 spiro atoms.